The summed E-state index contributed by atoms with van der Waals surface area (Å²) in [7, 11) is 0. The molecule has 0 saturated heterocycles. The van der Waals surface area contributed by atoms with Crippen LogP contribution in [0.4, 0.5) is 5.69 Å². The van der Waals surface area contributed by atoms with Gasteiger partial charge in [0.15, 0.2) is 5.96 Å². The van der Waals surface area contributed by atoms with Gasteiger partial charge in [0.1, 0.15) is 18.0 Å². The molecule has 24 heavy (non-hydrogen) atoms. The number of nitrogens with zero attached hydrogens (tertiary/aromatic N) is 1. The number of rotatable bonds is 9. The molecule has 0 spiro atoms. The molecular weight excluding hydrogens is 423 g/mol. The van der Waals surface area contributed by atoms with E-state index in [0.29, 0.717) is 36.9 Å². The highest BCUT2D eigenvalue weighted by molar-refractivity contribution is 14.0. The van der Waals surface area contributed by atoms with Crippen molar-refractivity contribution in [3.63, 3.8) is 0 Å². The zero-order valence-electron chi connectivity index (χ0n) is 14.0. The molecule has 0 atom stereocenters. The summed E-state index contributed by atoms with van der Waals surface area (Å²) < 4.78 is 11.0. The Morgan fingerprint density at radius 1 is 1.33 bits per heavy atom. The molecule has 0 saturated carbocycles. The van der Waals surface area contributed by atoms with Crippen LogP contribution >= 0.6 is 24.0 Å². The van der Waals surface area contributed by atoms with E-state index in [1.165, 1.54) is 0 Å². The molecule has 1 amide bonds. The monoisotopic (exact) mass is 448 g/mol. The maximum atomic E-state index is 11.5. The second-order valence-electron chi connectivity index (χ2n) is 4.44. The van der Waals surface area contributed by atoms with Gasteiger partial charge in [0, 0.05) is 12.6 Å². The number of amides is 1. The number of ether oxygens (including phenoxy) is 2. The van der Waals surface area contributed by atoms with Crippen LogP contribution in [0.1, 0.15) is 13.8 Å². The van der Waals surface area contributed by atoms with E-state index in [9.17, 15) is 4.79 Å². The Labute approximate surface area is 159 Å². The average molecular weight is 448 g/mol. The minimum atomic E-state index is -0.234. The van der Waals surface area contributed by atoms with E-state index in [0.717, 1.165) is 0 Å². The number of nitrogens with one attached hydrogen (secondary N) is 2. The summed E-state index contributed by atoms with van der Waals surface area (Å²) in [6.45, 7) is 8.72. The molecule has 0 aromatic heterocycles. The summed E-state index contributed by atoms with van der Waals surface area (Å²) >= 11 is 0. The lowest BCUT2D eigenvalue weighted by molar-refractivity contribution is -0.119. The molecule has 1 aromatic carbocycles. The standard InChI is InChI=1S/C16H24N4O3.HI/c1-4-9-18-15(21)11-19-16(17)20-13-10-12(22-5-2)7-8-14(13)23-6-3;/h4,7-8,10H,1,5-6,9,11H2,2-3H3,(H,18,21)(H3,17,19,20);1H. The van der Waals surface area contributed by atoms with E-state index in [4.69, 9.17) is 15.2 Å². The predicted octanol–water partition coefficient (Wildman–Crippen LogP) is 2.13. The maximum absolute atomic E-state index is 11.5. The fraction of sp³-hybridized carbons (Fsp3) is 0.375. The topological polar surface area (TPSA) is 98.0 Å². The molecule has 134 valence electrons. The molecule has 0 radical (unpaired) electrons. The van der Waals surface area contributed by atoms with Crippen LogP contribution in [0, 0.1) is 0 Å². The van der Waals surface area contributed by atoms with Crippen molar-refractivity contribution in [3.8, 4) is 11.5 Å². The lowest BCUT2D eigenvalue weighted by Crippen LogP contribution is -2.29. The van der Waals surface area contributed by atoms with Crippen molar-refractivity contribution in [1.82, 2.24) is 5.32 Å². The van der Waals surface area contributed by atoms with Gasteiger partial charge in [-0.05, 0) is 26.0 Å². The van der Waals surface area contributed by atoms with E-state index in [2.05, 4.69) is 22.2 Å². The second kappa shape index (κ2) is 12.5. The van der Waals surface area contributed by atoms with Crippen molar-refractivity contribution < 1.29 is 14.3 Å². The van der Waals surface area contributed by atoms with Crippen LogP contribution in [0.25, 0.3) is 0 Å². The van der Waals surface area contributed by atoms with Gasteiger partial charge in [0.05, 0.1) is 18.9 Å². The Hall–Kier alpha value is -1.97. The van der Waals surface area contributed by atoms with Crippen LogP contribution in [0.2, 0.25) is 0 Å². The first-order chi connectivity index (χ1) is 11.1. The highest BCUT2D eigenvalue weighted by Crippen LogP contribution is 2.29. The molecule has 0 heterocycles. The summed E-state index contributed by atoms with van der Waals surface area (Å²) in [6, 6.07) is 5.38. The molecule has 1 aromatic rings. The van der Waals surface area contributed by atoms with Crippen molar-refractivity contribution in [2.45, 2.75) is 13.8 Å². The average Bonchev–Trinajstić information content (AvgIpc) is 2.54. The van der Waals surface area contributed by atoms with Gasteiger partial charge in [0.2, 0.25) is 5.91 Å². The van der Waals surface area contributed by atoms with Crippen molar-refractivity contribution in [2.75, 3.05) is 31.6 Å². The van der Waals surface area contributed by atoms with Gasteiger partial charge in [0.25, 0.3) is 0 Å². The Morgan fingerprint density at radius 2 is 2.04 bits per heavy atom. The molecule has 0 unspecified atom stereocenters. The highest BCUT2D eigenvalue weighted by Gasteiger charge is 2.07. The van der Waals surface area contributed by atoms with E-state index >= 15 is 0 Å². The fourth-order valence-corrected chi connectivity index (χ4v) is 1.72. The first-order valence-corrected chi connectivity index (χ1v) is 7.44. The first-order valence-electron chi connectivity index (χ1n) is 7.44. The summed E-state index contributed by atoms with van der Waals surface area (Å²) in [5.74, 6) is 1.20. The van der Waals surface area contributed by atoms with Crippen molar-refractivity contribution in [2.24, 2.45) is 10.7 Å². The zero-order chi connectivity index (χ0) is 17.1. The molecular formula is C16H25IN4O3. The number of halogens is 1. The minimum Gasteiger partial charge on any atom is -0.494 e. The zero-order valence-corrected chi connectivity index (χ0v) is 16.3. The smallest absolute Gasteiger partial charge is 0.242 e. The van der Waals surface area contributed by atoms with E-state index in [-0.39, 0.29) is 42.4 Å². The lowest BCUT2D eigenvalue weighted by Gasteiger charge is -2.13. The number of hydrogen-bond donors (Lipinski definition) is 3. The van der Waals surface area contributed by atoms with E-state index < -0.39 is 0 Å². The number of carbonyl (C=O) groups is 1. The molecule has 7 nitrogen and oxygen atoms in total. The lowest BCUT2D eigenvalue weighted by atomic mass is 10.2. The summed E-state index contributed by atoms with van der Waals surface area (Å²) in [5.41, 5.74) is 6.44. The third-order valence-electron chi connectivity index (χ3n) is 2.66. The minimum absolute atomic E-state index is 0. The van der Waals surface area contributed by atoms with Crippen LogP contribution in [0.3, 0.4) is 0 Å². The van der Waals surface area contributed by atoms with Gasteiger partial charge in [-0.1, -0.05) is 6.08 Å². The molecule has 8 heteroatoms. The normalized spacial score (nSPS) is 10.3. The second-order valence-corrected chi connectivity index (χ2v) is 4.44. The van der Waals surface area contributed by atoms with Crippen LogP contribution in [0.15, 0.2) is 35.8 Å². The maximum Gasteiger partial charge on any atom is 0.242 e. The quantitative estimate of drug-likeness (QED) is 0.233. The Balaban J connectivity index is 0.00000529. The molecule has 0 bridgehead atoms. The fourth-order valence-electron chi connectivity index (χ4n) is 1.72. The largest absolute Gasteiger partial charge is 0.494 e. The number of benzene rings is 1. The van der Waals surface area contributed by atoms with Gasteiger partial charge in [-0.3, -0.25) is 4.79 Å². The number of carbonyl (C=O) groups excluding carboxylic acids is 1. The molecule has 0 fully saturated rings. The number of hydrogen-bond acceptors (Lipinski definition) is 4. The first kappa shape index (κ1) is 22.0. The van der Waals surface area contributed by atoms with Gasteiger partial charge >= 0.3 is 0 Å². The van der Waals surface area contributed by atoms with Crippen LogP contribution in [-0.2, 0) is 4.79 Å². The predicted molar refractivity (Wildman–Crippen MR) is 108 cm³/mol. The van der Waals surface area contributed by atoms with Gasteiger partial charge in [-0.2, -0.15) is 0 Å². The van der Waals surface area contributed by atoms with Gasteiger partial charge in [-0.25, -0.2) is 4.99 Å². The molecule has 0 aliphatic heterocycles. The molecule has 0 aliphatic rings. The number of guanidine groups is 1. The van der Waals surface area contributed by atoms with Crippen LogP contribution in [0.5, 0.6) is 11.5 Å². The molecule has 4 N–H and O–H groups in total. The van der Waals surface area contributed by atoms with Crippen molar-refractivity contribution in [1.29, 1.82) is 0 Å². The third kappa shape index (κ3) is 8.04. The van der Waals surface area contributed by atoms with E-state index in [1.807, 2.05) is 19.9 Å². The Bertz CT molecular complexity index is 564. The number of nitrogens with two attached hydrogens (primary N) is 1. The van der Waals surface area contributed by atoms with E-state index in [1.54, 1.807) is 18.2 Å². The van der Waals surface area contributed by atoms with Crippen LogP contribution < -0.4 is 25.8 Å². The van der Waals surface area contributed by atoms with Crippen molar-refractivity contribution >= 4 is 41.5 Å². The third-order valence-corrected chi connectivity index (χ3v) is 2.66. The Kier molecular flexibility index (Phi) is 11.4. The Morgan fingerprint density at radius 3 is 2.67 bits per heavy atom. The van der Waals surface area contributed by atoms with Crippen LogP contribution in [-0.4, -0.2) is 38.2 Å². The van der Waals surface area contributed by atoms with Gasteiger partial charge < -0.3 is 25.8 Å². The molecule has 1 rings (SSSR count). The number of aliphatic imine (C=N–C) groups is 1. The SMILES string of the molecule is C=CCNC(=O)CN=C(N)Nc1cc(OCC)ccc1OCC.I. The van der Waals surface area contributed by atoms with Crippen molar-refractivity contribution in [3.05, 3.63) is 30.9 Å². The molecule has 0 aliphatic carbocycles. The highest BCUT2D eigenvalue weighted by atomic mass is 127. The summed E-state index contributed by atoms with van der Waals surface area (Å²) in [4.78, 5) is 15.5. The van der Waals surface area contributed by atoms with Gasteiger partial charge in [-0.15, -0.1) is 30.6 Å². The number of anilines is 1. The summed E-state index contributed by atoms with van der Waals surface area (Å²) in [5, 5.41) is 5.55. The summed E-state index contributed by atoms with van der Waals surface area (Å²) in [6.07, 6.45) is 1.59.